The fraction of sp³-hybridized carbons (Fsp3) is 0.118. The van der Waals surface area contributed by atoms with E-state index in [1.54, 1.807) is 6.07 Å². The molecule has 94 valence electrons. The number of carbonyl (C=O) groups excluding carboxylic acids is 1. The molecule has 2 nitrogen and oxygen atoms in total. The molecule has 1 aromatic rings. The molecule has 0 aliphatic heterocycles. The van der Waals surface area contributed by atoms with Gasteiger partial charge in [-0.15, -0.1) is 0 Å². The van der Waals surface area contributed by atoms with E-state index in [4.69, 9.17) is 4.74 Å². The van der Waals surface area contributed by atoms with Crippen molar-refractivity contribution in [1.29, 1.82) is 0 Å². The molecule has 0 N–H and O–H groups in total. The monoisotopic (exact) mass is 250 g/mol. The second-order valence-electron chi connectivity index (χ2n) is 4.59. The van der Waals surface area contributed by atoms with Gasteiger partial charge >= 0.3 is 5.97 Å². The van der Waals surface area contributed by atoms with Gasteiger partial charge in [0.25, 0.3) is 0 Å². The highest BCUT2D eigenvalue weighted by Crippen LogP contribution is 2.21. The summed E-state index contributed by atoms with van der Waals surface area (Å²) in [5, 5.41) is 2.17. The highest BCUT2D eigenvalue weighted by atomic mass is 16.5. The second kappa shape index (κ2) is 4.73. The highest BCUT2D eigenvalue weighted by molar-refractivity contribution is 5.89. The smallest absolute Gasteiger partial charge is 0.337 e. The molecule has 0 spiro atoms. The van der Waals surface area contributed by atoms with Gasteiger partial charge in [-0.1, -0.05) is 36.4 Å². The zero-order chi connectivity index (χ0) is 13.2. The molecule has 0 aromatic heterocycles. The number of rotatable bonds is 1. The van der Waals surface area contributed by atoms with Crippen molar-refractivity contribution >= 4 is 18.1 Å². The molecule has 3 rings (SSSR count). The SMILES string of the molecule is COC(=O)c1ccc2c(c1)=CC=C1CC=CC=C1C=2. The van der Waals surface area contributed by atoms with Crippen molar-refractivity contribution in [2.75, 3.05) is 7.11 Å². The molecule has 0 unspecified atom stereocenters. The molecule has 0 saturated carbocycles. The molecule has 0 atom stereocenters. The first-order chi connectivity index (χ1) is 9.28. The van der Waals surface area contributed by atoms with Crippen LogP contribution in [-0.4, -0.2) is 13.1 Å². The van der Waals surface area contributed by atoms with Crippen LogP contribution in [0.25, 0.3) is 12.2 Å². The van der Waals surface area contributed by atoms with E-state index in [0.717, 1.165) is 16.9 Å². The lowest BCUT2D eigenvalue weighted by atomic mass is 9.98. The van der Waals surface area contributed by atoms with Gasteiger partial charge in [-0.2, -0.15) is 0 Å². The summed E-state index contributed by atoms with van der Waals surface area (Å²) in [6, 6.07) is 5.65. The summed E-state index contributed by atoms with van der Waals surface area (Å²) in [5.74, 6) is -0.300. The van der Waals surface area contributed by atoms with E-state index in [1.165, 1.54) is 18.3 Å². The summed E-state index contributed by atoms with van der Waals surface area (Å²) < 4.78 is 4.75. The Labute approximate surface area is 111 Å². The van der Waals surface area contributed by atoms with Gasteiger partial charge in [0.2, 0.25) is 0 Å². The van der Waals surface area contributed by atoms with Crippen LogP contribution in [0.4, 0.5) is 0 Å². The van der Waals surface area contributed by atoms with Crippen molar-refractivity contribution in [3.63, 3.8) is 0 Å². The first kappa shape index (κ1) is 11.7. The van der Waals surface area contributed by atoms with E-state index in [-0.39, 0.29) is 5.97 Å². The fourth-order valence-electron chi connectivity index (χ4n) is 2.35. The lowest BCUT2D eigenvalue weighted by molar-refractivity contribution is 0.0600. The van der Waals surface area contributed by atoms with Crippen molar-refractivity contribution in [3.8, 4) is 0 Å². The number of hydrogen-bond acceptors (Lipinski definition) is 2. The number of fused-ring (bicyclic) bond motifs is 2. The average molecular weight is 250 g/mol. The third-order valence-electron chi connectivity index (χ3n) is 3.40. The lowest BCUT2D eigenvalue weighted by Crippen LogP contribution is -2.25. The Balaban J connectivity index is 2.18. The third kappa shape index (κ3) is 2.17. The van der Waals surface area contributed by atoms with Gasteiger partial charge < -0.3 is 4.74 Å². The van der Waals surface area contributed by atoms with Crippen LogP contribution in [0, 0.1) is 0 Å². The number of ether oxygens (including phenoxy) is 1. The van der Waals surface area contributed by atoms with Crippen molar-refractivity contribution in [3.05, 3.63) is 69.7 Å². The molecule has 19 heavy (non-hydrogen) atoms. The molecule has 2 heteroatoms. The highest BCUT2D eigenvalue weighted by Gasteiger charge is 2.08. The average Bonchev–Trinajstić information content (AvgIpc) is 2.64. The van der Waals surface area contributed by atoms with Crippen LogP contribution in [0.5, 0.6) is 0 Å². The Morgan fingerprint density at radius 2 is 2.05 bits per heavy atom. The molecule has 0 heterocycles. The number of methoxy groups -OCH3 is 1. The van der Waals surface area contributed by atoms with Crippen molar-refractivity contribution in [2.24, 2.45) is 0 Å². The number of esters is 1. The zero-order valence-electron chi connectivity index (χ0n) is 10.7. The topological polar surface area (TPSA) is 26.3 Å². The maximum atomic E-state index is 11.6. The van der Waals surface area contributed by atoms with Gasteiger partial charge in [0.1, 0.15) is 0 Å². The standard InChI is InChI=1S/C17H14O2/c1-19-17(18)16-9-8-14-10-13-5-3-2-4-12(13)6-7-15(14)11-16/h2-3,5-11H,4H2,1H3. The maximum Gasteiger partial charge on any atom is 0.337 e. The predicted molar refractivity (Wildman–Crippen MR) is 75.9 cm³/mol. The summed E-state index contributed by atoms with van der Waals surface area (Å²) >= 11 is 0. The Morgan fingerprint density at radius 3 is 2.89 bits per heavy atom. The van der Waals surface area contributed by atoms with Gasteiger partial charge in [0.15, 0.2) is 0 Å². The molecule has 0 bridgehead atoms. The lowest BCUT2D eigenvalue weighted by Gasteiger charge is -2.07. The van der Waals surface area contributed by atoms with Crippen LogP contribution in [0.3, 0.4) is 0 Å². The van der Waals surface area contributed by atoms with Crippen LogP contribution in [0.2, 0.25) is 0 Å². The molecule has 0 saturated heterocycles. The van der Waals surface area contributed by atoms with Gasteiger partial charge in [-0.25, -0.2) is 4.79 Å². The summed E-state index contributed by atoms with van der Waals surface area (Å²) in [7, 11) is 1.40. The van der Waals surface area contributed by atoms with Crippen LogP contribution in [-0.2, 0) is 4.74 Å². The maximum absolute atomic E-state index is 11.6. The van der Waals surface area contributed by atoms with Gasteiger partial charge in [-0.05, 0) is 46.2 Å². The van der Waals surface area contributed by atoms with E-state index in [9.17, 15) is 4.79 Å². The van der Waals surface area contributed by atoms with Crippen LogP contribution >= 0.6 is 0 Å². The van der Waals surface area contributed by atoms with E-state index in [0.29, 0.717) is 5.56 Å². The Morgan fingerprint density at radius 1 is 1.16 bits per heavy atom. The fourth-order valence-corrected chi connectivity index (χ4v) is 2.35. The number of hydrogen-bond donors (Lipinski definition) is 0. The van der Waals surface area contributed by atoms with Crippen molar-refractivity contribution in [2.45, 2.75) is 6.42 Å². The minimum Gasteiger partial charge on any atom is -0.465 e. The predicted octanol–water partition coefficient (Wildman–Crippen LogP) is 1.86. The molecular formula is C17H14O2. The molecule has 0 radical (unpaired) electrons. The van der Waals surface area contributed by atoms with Crippen molar-refractivity contribution < 1.29 is 9.53 Å². The molecule has 2 aliphatic rings. The first-order valence-electron chi connectivity index (χ1n) is 6.26. The quantitative estimate of drug-likeness (QED) is 0.711. The minimum atomic E-state index is -0.300. The van der Waals surface area contributed by atoms with Crippen LogP contribution in [0.1, 0.15) is 16.8 Å². The zero-order valence-corrected chi connectivity index (χ0v) is 10.7. The summed E-state index contributed by atoms with van der Waals surface area (Å²) in [6.07, 6.45) is 13.6. The molecule has 0 amide bonds. The first-order valence-corrected chi connectivity index (χ1v) is 6.26. The number of carbonyl (C=O) groups is 1. The Hall–Kier alpha value is -2.35. The van der Waals surface area contributed by atoms with Crippen LogP contribution in [0.15, 0.2) is 53.6 Å². The van der Waals surface area contributed by atoms with Crippen LogP contribution < -0.4 is 10.4 Å². The summed E-state index contributed by atoms with van der Waals surface area (Å²) in [4.78, 5) is 11.6. The Bertz CT molecular complexity index is 746. The number of benzene rings is 1. The van der Waals surface area contributed by atoms with E-state index < -0.39 is 0 Å². The summed E-state index contributed by atoms with van der Waals surface area (Å²) in [5.41, 5.74) is 3.13. The third-order valence-corrected chi connectivity index (χ3v) is 3.40. The van der Waals surface area contributed by atoms with Gasteiger partial charge in [-0.3, -0.25) is 0 Å². The van der Waals surface area contributed by atoms with E-state index >= 15 is 0 Å². The molecule has 2 aliphatic carbocycles. The second-order valence-corrected chi connectivity index (χ2v) is 4.59. The van der Waals surface area contributed by atoms with Gasteiger partial charge in [0.05, 0.1) is 12.7 Å². The molecule has 1 aromatic carbocycles. The normalized spacial score (nSPS) is 15.8. The Kier molecular flexibility index (Phi) is 2.92. The van der Waals surface area contributed by atoms with Crippen molar-refractivity contribution in [1.82, 2.24) is 0 Å². The summed E-state index contributed by atoms with van der Waals surface area (Å²) in [6.45, 7) is 0. The number of allylic oxidation sites excluding steroid dienone is 6. The van der Waals surface area contributed by atoms with Gasteiger partial charge in [0, 0.05) is 0 Å². The van der Waals surface area contributed by atoms with E-state index in [1.807, 2.05) is 12.1 Å². The molecular weight excluding hydrogens is 236 g/mol. The largest absolute Gasteiger partial charge is 0.465 e. The van der Waals surface area contributed by atoms with E-state index in [2.05, 4.69) is 36.5 Å². The minimum absolute atomic E-state index is 0.300. The molecule has 0 fully saturated rings.